The topological polar surface area (TPSA) is 58.4 Å². The summed E-state index contributed by atoms with van der Waals surface area (Å²) in [5, 5.41) is 2.99. The number of amides is 1. The number of carbonyl (C=O) groups excluding carboxylic acids is 1. The molecule has 1 aliphatic heterocycles. The maximum absolute atomic E-state index is 12.3. The number of hydrogen-bond donors (Lipinski definition) is 2. The van der Waals surface area contributed by atoms with E-state index in [2.05, 4.69) is 22.3 Å². The summed E-state index contributed by atoms with van der Waals surface area (Å²) in [6, 6.07) is 17.6. The summed E-state index contributed by atoms with van der Waals surface area (Å²) in [6.07, 6.45) is 5.37. The lowest BCUT2D eigenvalue weighted by Crippen LogP contribution is -2.24. The quantitative estimate of drug-likeness (QED) is 0.734. The maximum Gasteiger partial charge on any atom is 0.226 e. The minimum Gasteiger partial charge on any atom is -0.371 e. The second kappa shape index (κ2) is 11.9. The smallest absolute Gasteiger partial charge is 0.226 e. The Morgan fingerprint density at radius 3 is 2.30 bits per heavy atom. The molecule has 3 N–H and O–H groups in total. The number of carbonyl (C=O) groups is 1. The lowest BCUT2D eigenvalue weighted by atomic mass is 10.0. The average Bonchev–Trinajstić information content (AvgIpc) is 2.92. The largest absolute Gasteiger partial charge is 0.371 e. The van der Waals surface area contributed by atoms with E-state index in [0.717, 1.165) is 24.3 Å². The summed E-state index contributed by atoms with van der Waals surface area (Å²) in [5.41, 5.74) is 9.15. The van der Waals surface area contributed by atoms with E-state index in [1.165, 1.54) is 31.4 Å². The Labute approximate surface area is 174 Å². The average molecular weight is 410 g/mol. The molecule has 6 heteroatoms. The van der Waals surface area contributed by atoms with Crippen LogP contribution in [0.3, 0.4) is 0 Å². The number of halogens is 2. The molecule has 1 fully saturated rings. The van der Waals surface area contributed by atoms with Crippen molar-refractivity contribution in [2.24, 2.45) is 5.73 Å². The highest BCUT2D eigenvalue weighted by atomic mass is 35.5. The normalized spacial score (nSPS) is 14.9. The van der Waals surface area contributed by atoms with Crippen LogP contribution in [0.15, 0.2) is 54.6 Å². The number of benzene rings is 2. The number of nitrogens with two attached hydrogens (primary N) is 1. The van der Waals surface area contributed by atoms with Gasteiger partial charge in [-0.25, -0.2) is 0 Å². The highest BCUT2D eigenvalue weighted by Crippen LogP contribution is 2.23. The lowest BCUT2D eigenvalue weighted by Gasteiger charge is -2.23. The van der Waals surface area contributed by atoms with Gasteiger partial charge in [0.2, 0.25) is 5.91 Å². The first-order valence-corrected chi connectivity index (χ1v) is 9.18. The molecule has 2 aromatic rings. The van der Waals surface area contributed by atoms with E-state index in [1.54, 1.807) is 0 Å². The van der Waals surface area contributed by atoms with Crippen molar-refractivity contribution < 1.29 is 4.79 Å². The summed E-state index contributed by atoms with van der Waals surface area (Å²) < 4.78 is 0. The fraction of sp³-hybridized carbons (Fsp3) is 0.381. The SMILES string of the molecule is Cl.Cl.NC(CC(=O)Nc1cccc(N2CCCCCC2)c1)c1ccccc1. The number of rotatable bonds is 5. The summed E-state index contributed by atoms with van der Waals surface area (Å²) in [4.78, 5) is 14.7. The second-order valence-corrected chi connectivity index (χ2v) is 6.72. The van der Waals surface area contributed by atoms with Gasteiger partial charge in [0.15, 0.2) is 0 Å². The van der Waals surface area contributed by atoms with Crippen LogP contribution in [-0.4, -0.2) is 19.0 Å². The molecular weight excluding hydrogens is 381 g/mol. The molecule has 148 valence electrons. The lowest BCUT2D eigenvalue weighted by molar-refractivity contribution is -0.116. The highest BCUT2D eigenvalue weighted by Gasteiger charge is 2.13. The summed E-state index contributed by atoms with van der Waals surface area (Å²) in [7, 11) is 0. The van der Waals surface area contributed by atoms with Crippen molar-refractivity contribution in [3.05, 3.63) is 60.2 Å². The van der Waals surface area contributed by atoms with E-state index >= 15 is 0 Å². The fourth-order valence-electron chi connectivity index (χ4n) is 3.34. The molecule has 1 unspecified atom stereocenters. The standard InChI is InChI=1S/C21H27N3O.2ClH/c22-20(17-9-4-3-5-10-17)16-21(25)23-18-11-8-12-19(15-18)24-13-6-1-2-7-14-24;;/h3-5,8-12,15,20H,1-2,6-7,13-14,16,22H2,(H,23,25);2*1H. The van der Waals surface area contributed by atoms with E-state index in [0.29, 0.717) is 0 Å². The molecule has 2 aromatic carbocycles. The third kappa shape index (κ3) is 7.06. The molecule has 0 aromatic heterocycles. The molecule has 1 heterocycles. The van der Waals surface area contributed by atoms with Crippen molar-refractivity contribution in [3.8, 4) is 0 Å². The van der Waals surface area contributed by atoms with Gasteiger partial charge < -0.3 is 16.0 Å². The zero-order chi connectivity index (χ0) is 17.5. The van der Waals surface area contributed by atoms with Gasteiger partial charge in [-0.15, -0.1) is 24.8 Å². The molecule has 27 heavy (non-hydrogen) atoms. The van der Waals surface area contributed by atoms with E-state index < -0.39 is 0 Å². The Kier molecular flexibility index (Phi) is 10.2. The first kappa shape index (κ1) is 23.3. The van der Waals surface area contributed by atoms with Gasteiger partial charge in [0.25, 0.3) is 0 Å². The molecule has 0 spiro atoms. The van der Waals surface area contributed by atoms with Gasteiger partial charge in [0, 0.05) is 36.9 Å². The van der Waals surface area contributed by atoms with Crippen LogP contribution < -0.4 is 16.0 Å². The van der Waals surface area contributed by atoms with E-state index in [1.807, 2.05) is 42.5 Å². The molecule has 4 nitrogen and oxygen atoms in total. The number of hydrogen-bond acceptors (Lipinski definition) is 3. The first-order valence-electron chi connectivity index (χ1n) is 9.18. The van der Waals surface area contributed by atoms with Crippen molar-refractivity contribution in [1.29, 1.82) is 0 Å². The van der Waals surface area contributed by atoms with E-state index in [4.69, 9.17) is 5.73 Å². The Morgan fingerprint density at radius 1 is 0.963 bits per heavy atom. The van der Waals surface area contributed by atoms with Crippen molar-refractivity contribution in [1.82, 2.24) is 0 Å². The van der Waals surface area contributed by atoms with Crippen molar-refractivity contribution in [3.63, 3.8) is 0 Å². The van der Waals surface area contributed by atoms with Crippen LogP contribution in [-0.2, 0) is 4.79 Å². The van der Waals surface area contributed by atoms with Crippen molar-refractivity contribution in [2.75, 3.05) is 23.3 Å². The van der Waals surface area contributed by atoms with Gasteiger partial charge in [-0.2, -0.15) is 0 Å². The van der Waals surface area contributed by atoms with Crippen LogP contribution in [0.4, 0.5) is 11.4 Å². The number of nitrogens with zero attached hydrogens (tertiary/aromatic N) is 1. The molecule has 3 rings (SSSR count). The highest BCUT2D eigenvalue weighted by molar-refractivity contribution is 5.91. The Hall–Kier alpha value is -1.75. The molecule has 0 bridgehead atoms. The van der Waals surface area contributed by atoms with Crippen LogP contribution in [0.2, 0.25) is 0 Å². The zero-order valence-corrected chi connectivity index (χ0v) is 17.1. The predicted octanol–water partition coefficient (Wildman–Crippen LogP) is 4.94. The number of anilines is 2. The molecule has 0 aliphatic carbocycles. The van der Waals surface area contributed by atoms with Crippen LogP contribution >= 0.6 is 24.8 Å². The van der Waals surface area contributed by atoms with Crippen LogP contribution in [0.5, 0.6) is 0 Å². The minimum absolute atomic E-state index is 0. The van der Waals surface area contributed by atoms with Crippen LogP contribution in [0.1, 0.15) is 43.7 Å². The van der Waals surface area contributed by atoms with E-state index in [-0.39, 0.29) is 43.2 Å². The molecule has 1 amide bonds. The molecule has 1 aliphatic rings. The third-order valence-corrected chi connectivity index (χ3v) is 4.73. The molecule has 1 atom stereocenters. The molecule has 0 radical (unpaired) electrons. The fourth-order valence-corrected chi connectivity index (χ4v) is 3.34. The first-order chi connectivity index (χ1) is 12.2. The summed E-state index contributed by atoms with van der Waals surface area (Å²) in [5.74, 6) is -0.0515. The van der Waals surface area contributed by atoms with Crippen LogP contribution in [0, 0.1) is 0 Å². The Balaban J connectivity index is 0.00000182. The third-order valence-electron chi connectivity index (χ3n) is 4.73. The minimum atomic E-state index is -0.282. The van der Waals surface area contributed by atoms with Gasteiger partial charge >= 0.3 is 0 Å². The van der Waals surface area contributed by atoms with Crippen molar-refractivity contribution in [2.45, 2.75) is 38.1 Å². The Bertz CT molecular complexity index is 689. The van der Waals surface area contributed by atoms with Gasteiger partial charge in [-0.3, -0.25) is 4.79 Å². The van der Waals surface area contributed by atoms with Gasteiger partial charge in [-0.1, -0.05) is 49.2 Å². The number of nitrogens with one attached hydrogen (secondary N) is 1. The van der Waals surface area contributed by atoms with Gasteiger partial charge in [0.05, 0.1) is 0 Å². The second-order valence-electron chi connectivity index (χ2n) is 6.72. The van der Waals surface area contributed by atoms with Gasteiger partial charge in [0.1, 0.15) is 0 Å². The maximum atomic E-state index is 12.3. The van der Waals surface area contributed by atoms with Crippen LogP contribution in [0.25, 0.3) is 0 Å². The van der Waals surface area contributed by atoms with Gasteiger partial charge in [-0.05, 0) is 36.6 Å². The predicted molar refractivity (Wildman–Crippen MR) is 118 cm³/mol. The van der Waals surface area contributed by atoms with E-state index in [9.17, 15) is 4.79 Å². The molecular formula is C21H29Cl2N3O. The Morgan fingerprint density at radius 2 is 1.63 bits per heavy atom. The molecule has 0 saturated carbocycles. The van der Waals surface area contributed by atoms with Crippen molar-refractivity contribution >= 4 is 42.1 Å². The molecule has 1 saturated heterocycles. The monoisotopic (exact) mass is 409 g/mol. The zero-order valence-electron chi connectivity index (χ0n) is 15.5. The summed E-state index contributed by atoms with van der Waals surface area (Å²) >= 11 is 0. The summed E-state index contributed by atoms with van der Waals surface area (Å²) in [6.45, 7) is 2.19.